The van der Waals surface area contributed by atoms with Crippen LogP contribution in [0.4, 0.5) is 5.95 Å². The number of hydrogen-bond donors (Lipinski definition) is 1. The van der Waals surface area contributed by atoms with Gasteiger partial charge >= 0.3 is 0 Å². The first kappa shape index (κ1) is 16.4. The Morgan fingerprint density at radius 1 is 1.29 bits per heavy atom. The summed E-state index contributed by atoms with van der Waals surface area (Å²) in [5.74, 6) is 0.771. The summed E-state index contributed by atoms with van der Waals surface area (Å²) in [7, 11) is 0. The molecule has 1 fully saturated rings. The van der Waals surface area contributed by atoms with Crippen molar-refractivity contribution in [2.75, 3.05) is 18.8 Å². The molecule has 2 aromatic rings. The normalized spacial score (nSPS) is 17.8. The average Bonchev–Trinajstić information content (AvgIpc) is 2.61. The largest absolute Gasteiger partial charge is 0.368 e. The molecule has 3 heterocycles. The van der Waals surface area contributed by atoms with Crippen molar-refractivity contribution in [3.05, 3.63) is 35.9 Å². The minimum Gasteiger partial charge on any atom is -0.368 e. The summed E-state index contributed by atoms with van der Waals surface area (Å²) in [6.07, 6.45) is 6.10. The van der Waals surface area contributed by atoms with E-state index in [-0.39, 0.29) is 17.8 Å². The smallest absolute Gasteiger partial charge is 0.222 e. The monoisotopic (exact) mass is 325 g/mol. The fourth-order valence-electron chi connectivity index (χ4n) is 3.23. The Morgan fingerprint density at radius 2 is 2.04 bits per heavy atom. The van der Waals surface area contributed by atoms with Crippen LogP contribution in [0.5, 0.6) is 0 Å². The summed E-state index contributed by atoms with van der Waals surface area (Å²) in [6.45, 7) is 5.51. The molecule has 1 atom stereocenters. The molecule has 0 unspecified atom stereocenters. The van der Waals surface area contributed by atoms with Gasteiger partial charge in [-0.2, -0.15) is 0 Å². The van der Waals surface area contributed by atoms with Gasteiger partial charge in [0.25, 0.3) is 0 Å². The van der Waals surface area contributed by atoms with Crippen LogP contribution in [-0.2, 0) is 4.79 Å². The first-order chi connectivity index (χ1) is 11.6. The number of aryl methyl sites for hydroxylation is 1. The zero-order valence-corrected chi connectivity index (χ0v) is 14.2. The van der Waals surface area contributed by atoms with E-state index in [1.807, 2.05) is 24.8 Å². The van der Waals surface area contributed by atoms with E-state index in [2.05, 4.69) is 16.0 Å². The second-order valence-electron chi connectivity index (χ2n) is 6.28. The minimum absolute atomic E-state index is 0.222. The van der Waals surface area contributed by atoms with Crippen LogP contribution < -0.4 is 5.73 Å². The van der Waals surface area contributed by atoms with Gasteiger partial charge in [-0.1, -0.05) is 6.92 Å². The maximum Gasteiger partial charge on any atom is 0.222 e. The molecule has 0 saturated carbocycles. The molecule has 24 heavy (non-hydrogen) atoms. The highest BCUT2D eigenvalue weighted by molar-refractivity contribution is 5.76. The van der Waals surface area contributed by atoms with E-state index in [9.17, 15) is 4.79 Å². The summed E-state index contributed by atoms with van der Waals surface area (Å²) in [4.78, 5) is 26.8. The number of likely N-dealkylation sites (tertiary alicyclic amines) is 1. The number of carbonyl (C=O) groups is 1. The molecule has 0 bridgehead atoms. The number of aromatic nitrogens is 3. The lowest BCUT2D eigenvalue weighted by Crippen LogP contribution is -2.38. The molecule has 0 aliphatic carbocycles. The summed E-state index contributed by atoms with van der Waals surface area (Å²) in [6, 6.07) is 4.11. The van der Waals surface area contributed by atoms with E-state index in [0.717, 1.165) is 48.4 Å². The van der Waals surface area contributed by atoms with Crippen LogP contribution in [0.2, 0.25) is 0 Å². The highest BCUT2D eigenvalue weighted by Gasteiger charge is 2.25. The van der Waals surface area contributed by atoms with Crippen molar-refractivity contribution in [1.29, 1.82) is 0 Å². The molecule has 1 aliphatic rings. The summed E-state index contributed by atoms with van der Waals surface area (Å²) >= 11 is 0. The zero-order chi connectivity index (χ0) is 17.1. The Hall–Kier alpha value is -2.50. The fourth-order valence-corrected chi connectivity index (χ4v) is 3.23. The fraction of sp³-hybridized carbons (Fsp3) is 0.444. The number of amides is 1. The van der Waals surface area contributed by atoms with Crippen molar-refractivity contribution in [2.24, 2.45) is 0 Å². The second kappa shape index (κ2) is 6.95. The molecule has 2 aromatic heterocycles. The standard InChI is InChI=1S/C18H23N5O/c1-3-17(24)23-6-4-5-13(11-23)16-8-14(7-12(2)22-16)15-9-20-18(19)21-10-15/h7-10,13H,3-6,11H2,1-2H3,(H2,19,20,21)/t13-/m0/s1. The predicted octanol–water partition coefficient (Wildman–Crippen LogP) is 2.55. The van der Waals surface area contributed by atoms with Crippen LogP contribution in [0, 0.1) is 6.92 Å². The third-order valence-electron chi connectivity index (χ3n) is 4.47. The van der Waals surface area contributed by atoms with Gasteiger partial charge in [0.15, 0.2) is 0 Å². The van der Waals surface area contributed by atoms with Crippen LogP contribution in [0.25, 0.3) is 11.1 Å². The number of hydrogen-bond acceptors (Lipinski definition) is 5. The zero-order valence-electron chi connectivity index (χ0n) is 14.2. The third-order valence-corrected chi connectivity index (χ3v) is 4.47. The average molecular weight is 325 g/mol. The molecular weight excluding hydrogens is 302 g/mol. The van der Waals surface area contributed by atoms with Crippen molar-refractivity contribution >= 4 is 11.9 Å². The van der Waals surface area contributed by atoms with E-state index in [1.165, 1.54) is 0 Å². The Kier molecular flexibility index (Phi) is 4.74. The van der Waals surface area contributed by atoms with Gasteiger partial charge < -0.3 is 10.6 Å². The van der Waals surface area contributed by atoms with E-state index in [1.54, 1.807) is 12.4 Å². The molecule has 1 saturated heterocycles. The number of carbonyl (C=O) groups excluding carboxylic acids is 1. The highest BCUT2D eigenvalue weighted by Crippen LogP contribution is 2.29. The van der Waals surface area contributed by atoms with E-state index >= 15 is 0 Å². The molecule has 6 heteroatoms. The number of rotatable bonds is 3. The lowest BCUT2D eigenvalue weighted by Gasteiger charge is -2.32. The summed E-state index contributed by atoms with van der Waals surface area (Å²) < 4.78 is 0. The first-order valence-corrected chi connectivity index (χ1v) is 8.41. The number of pyridine rings is 1. The molecular formula is C18H23N5O. The number of nitrogen functional groups attached to an aromatic ring is 1. The van der Waals surface area contributed by atoms with Gasteiger partial charge in [0.2, 0.25) is 11.9 Å². The van der Waals surface area contributed by atoms with Gasteiger partial charge in [-0.05, 0) is 37.5 Å². The quantitative estimate of drug-likeness (QED) is 0.937. The van der Waals surface area contributed by atoms with Crippen LogP contribution in [0.1, 0.15) is 43.5 Å². The Balaban J connectivity index is 1.88. The number of anilines is 1. The molecule has 6 nitrogen and oxygen atoms in total. The molecule has 3 rings (SSSR count). The first-order valence-electron chi connectivity index (χ1n) is 8.41. The van der Waals surface area contributed by atoms with E-state index in [0.29, 0.717) is 6.42 Å². The molecule has 0 aromatic carbocycles. The Bertz CT molecular complexity index is 729. The second-order valence-corrected chi connectivity index (χ2v) is 6.28. The maximum atomic E-state index is 12.0. The molecule has 0 radical (unpaired) electrons. The molecule has 1 amide bonds. The summed E-state index contributed by atoms with van der Waals surface area (Å²) in [5, 5.41) is 0. The van der Waals surface area contributed by atoms with Gasteiger partial charge in [-0.15, -0.1) is 0 Å². The van der Waals surface area contributed by atoms with E-state index in [4.69, 9.17) is 10.7 Å². The highest BCUT2D eigenvalue weighted by atomic mass is 16.2. The topological polar surface area (TPSA) is 85.0 Å². The van der Waals surface area contributed by atoms with Crippen molar-refractivity contribution in [1.82, 2.24) is 19.9 Å². The van der Waals surface area contributed by atoms with Gasteiger partial charge in [-0.25, -0.2) is 9.97 Å². The Labute approximate surface area is 142 Å². The van der Waals surface area contributed by atoms with Gasteiger partial charge in [0.1, 0.15) is 0 Å². The van der Waals surface area contributed by atoms with Crippen molar-refractivity contribution in [2.45, 2.75) is 39.0 Å². The predicted molar refractivity (Wildman–Crippen MR) is 93.3 cm³/mol. The number of nitrogens with two attached hydrogens (primary N) is 1. The van der Waals surface area contributed by atoms with Crippen LogP contribution in [-0.4, -0.2) is 38.8 Å². The number of piperidine rings is 1. The molecule has 126 valence electrons. The van der Waals surface area contributed by atoms with Crippen LogP contribution >= 0.6 is 0 Å². The molecule has 1 aliphatic heterocycles. The third kappa shape index (κ3) is 3.53. The van der Waals surface area contributed by atoms with Crippen molar-refractivity contribution in [3.8, 4) is 11.1 Å². The maximum absolute atomic E-state index is 12.0. The van der Waals surface area contributed by atoms with Crippen LogP contribution in [0.15, 0.2) is 24.5 Å². The summed E-state index contributed by atoms with van der Waals surface area (Å²) in [5.41, 5.74) is 9.52. The SMILES string of the molecule is CCC(=O)N1CCC[C@H](c2cc(-c3cnc(N)nc3)cc(C)n2)C1. The minimum atomic E-state index is 0.222. The molecule has 2 N–H and O–H groups in total. The van der Waals surface area contributed by atoms with Crippen LogP contribution in [0.3, 0.4) is 0 Å². The Morgan fingerprint density at radius 3 is 2.75 bits per heavy atom. The lowest BCUT2D eigenvalue weighted by molar-refractivity contribution is -0.132. The van der Waals surface area contributed by atoms with E-state index < -0.39 is 0 Å². The molecule has 0 spiro atoms. The van der Waals surface area contributed by atoms with Crippen molar-refractivity contribution < 1.29 is 4.79 Å². The lowest BCUT2D eigenvalue weighted by atomic mass is 9.92. The van der Waals surface area contributed by atoms with Crippen molar-refractivity contribution in [3.63, 3.8) is 0 Å². The van der Waals surface area contributed by atoms with Gasteiger partial charge in [0.05, 0.1) is 0 Å². The van der Waals surface area contributed by atoms with Gasteiger partial charge in [-0.3, -0.25) is 9.78 Å². The van der Waals surface area contributed by atoms with Gasteiger partial charge in [0, 0.05) is 54.8 Å². The number of nitrogens with zero attached hydrogens (tertiary/aromatic N) is 4.